The van der Waals surface area contributed by atoms with Crippen LogP contribution in [0.1, 0.15) is 97.0 Å². The third-order valence-corrected chi connectivity index (χ3v) is 9.13. The first-order chi connectivity index (χ1) is 19.3. The molecule has 0 radical (unpaired) electrons. The van der Waals surface area contributed by atoms with E-state index >= 15 is 0 Å². The van der Waals surface area contributed by atoms with Crippen LogP contribution in [0.5, 0.6) is 0 Å². The first-order valence-electron chi connectivity index (χ1n) is 15.3. The lowest BCUT2D eigenvalue weighted by Gasteiger charge is -2.27. The summed E-state index contributed by atoms with van der Waals surface area (Å²) in [5.74, 6) is 0.582. The second-order valence-corrected chi connectivity index (χ2v) is 12.5. The average Bonchev–Trinajstić information content (AvgIpc) is 3.48. The van der Waals surface area contributed by atoms with Gasteiger partial charge >= 0.3 is 5.97 Å². The summed E-state index contributed by atoms with van der Waals surface area (Å²) in [4.78, 5) is 25.6. The van der Waals surface area contributed by atoms with Crippen LogP contribution in [0, 0.1) is 0 Å². The van der Waals surface area contributed by atoms with Crippen LogP contribution < -0.4 is 10.2 Å². The number of unbranched alkanes of at least 4 members (excludes halogenated alkanes) is 8. The van der Waals surface area contributed by atoms with Crippen LogP contribution in [-0.4, -0.2) is 58.5 Å². The van der Waals surface area contributed by atoms with Crippen molar-refractivity contribution in [3.05, 3.63) is 53.8 Å². The summed E-state index contributed by atoms with van der Waals surface area (Å²) in [5, 5.41) is 13.1. The molecule has 0 aromatic heterocycles. The number of amides is 1. The lowest BCUT2D eigenvalue weighted by atomic mass is 9.84. The highest BCUT2D eigenvalue weighted by atomic mass is 32.2. The lowest BCUT2D eigenvalue weighted by Crippen LogP contribution is -2.32. The third kappa shape index (κ3) is 9.53. The molecule has 3 rings (SSSR count). The number of nitrogens with zero attached hydrogens (tertiary/aromatic N) is 2. The van der Waals surface area contributed by atoms with E-state index in [9.17, 15) is 9.59 Å². The molecule has 1 aromatic carbocycles. The first kappa shape index (κ1) is 32.0. The summed E-state index contributed by atoms with van der Waals surface area (Å²) < 4.78 is 2.42. The van der Waals surface area contributed by atoms with Crippen LogP contribution in [0.3, 0.4) is 0 Å². The van der Waals surface area contributed by atoms with Crippen LogP contribution in [0.2, 0.25) is 0 Å². The predicted octanol–water partition coefficient (Wildman–Crippen LogP) is 6.89. The molecule has 0 unspecified atom stereocenters. The number of thioether (sulfide) groups is 1. The maximum atomic E-state index is 12.7. The minimum atomic E-state index is -0.691. The van der Waals surface area contributed by atoms with E-state index in [1.54, 1.807) is 0 Å². The molecule has 1 amide bonds. The van der Waals surface area contributed by atoms with Crippen LogP contribution >= 0.6 is 11.8 Å². The van der Waals surface area contributed by atoms with E-state index in [4.69, 9.17) is 5.11 Å². The molecule has 0 spiro atoms. The van der Waals surface area contributed by atoms with Gasteiger partial charge in [0.15, 0.2) is 6.54 Å². The maximum absolute atomic E-state index is 12.7. The Balaban J connectivity index is 1.41. The van der Waals surface area contributed by atoms with Gasteiger partial charge in [-0.1, -0.05) is 94.8 Å². The van der Waals surface area contributed by atoms with Crippen LogP contribution in [0.4, 0.5) is 5.69 Å². The van der Waals surface area contributed by atoms with Gasteiger partial charge in [0.25, 0.3) is 0 Å². The first-order valence-corrected chi connectivity index (χ1v) is 16.3. The van der Waals surface area contributed by atoms with Gasteiger partial charge in [0.2, 0.25) is 11.0 Å². The average molecular weight is 569 g/mol. The SMILES string of the molecule is CC[N+]1=C(/C=C/C=C2/N(CCC(=O)NCCCCCCCCCCCC(=O)O)c3ccccc3C2(C)C)SCC1. The molecule has 6 nitrogen and oxygen atoms in total. The van der Waals surface area contributed by atoms with Gasteiger partial charge in [0.1, 0.15) is 6.54 Å². The summed E-state index contributed by atoms with van der Waals surface area (Å²) >= 11 is 1.92. The van der Waals surface area contributed by atoms with E-state index < -0.39 is 5.97 Å². The summed E-state index contributed by atoms with van der Waals surface area (Å²) in [6, 6.07) is 8.59. The summed E-state index contributed by atoms with van der Waals surface area (Å²) in [6.07, 6.45) is 17.4. The maximum Gasteiger partial charge on any atom is 0.303 e. The van der Waals surface area contributed by atoms with Gasteiger partial charge in [-0.2, -0.15) is 0 Å². The van der Waals surface area contributed by atoms with Crippen molar-refractivity contribution in [3.63, 3.8) is 0 Å². The number of carboxylic acid groups (broad SMARTS) is 1. The van der Waals surface area contributed by atoms with Gasteiger partial charge in [-0.25, -0.2) is 4.58 Å². The van der Waals surface area contributed by atoms with E-state index in [2.05, 4.69) is 78.1 Å². The quantitative estimate of drug-likeness (QED) is 0.149. The molecule has 0 bridgehead atoms. The molecule has 220 valence electrons. The Morgan fingerprint density at radius 1 is 1.02 bits per heavy atom. The van der Waals surface area contributed by atoms with E-state index in [1.165, 1.54) is 47.7 Å². The number of carbonyl (C=O) groups excluding carboxylic acids is 1. The number of benzene rings is 1. The summed E-state index contributed by atoms with van der Waals surface area (Å²) in [6.45, 7) is 10.3. The number of hydrogen-bond donors (Lipinski definition) is 2. The van der Waals surface area contributed by atoms with Crippen molar-refractivity contribution in [3.8, 4) is 0 Å². The molecule has 40 heavy (non-hydrogen) atoms. The molecule has 7 heteroatoms. The fraction of sp³-hybridized carbons (Fsp3) is 0.606. The standard InChI is InChI=1S/C33H49N3O3S/c1-4-35-25-26-40-31(35)20-16-19-29-33(2,3)27-17-13-14-18-28(27)36(29)24-22-30(37)34-23-15-11-9-7-5-6-8-10-12-21-32(38)39/h13-14,16-20H,4-12,15,21-26H2,1-3H3,(H-,34,37,38,39)/p+1. The van der Waals surface area contributed by atoms with Gasteiger partial charge < -0.3 is 15.3 Å². The molecule has 2 aliphatic heterocycles. The molecule has 0 saturated carbocycles. The van der Waals surface area contributed by atoms with Crippen LogP contribution in [0.15, 0.2) is 48.2 Å². The fourth-order valence-electron chi connectivity index (χ4n) is 5.70. The number of aliphatic carboxylic acids is 1. The number of para-hydroxylation sites is 1. The van der Waals surface area contributed by atoms with Crippen molar-refractivity contribution in [2.24, 2.45) is 0 Å². The van der Waals surface area contributed by atoms with Gasteiger partial charge in [0, 0.05) is 48.8 Å². The second kappa shape index (κ2) is 16.7. The monoisotopic (exact) mass is 568 g/mol. The summed E-state index contributed by atoms with van der Waals surface area (Å²) in [7, 11) is 0. The van der Waals surface area contributed by atoms with Gasteiger partial charge in [-0.3, -0.25) is 9.59 Å². The highest BCUT2D eigenvalue weighted by Crippen LogP contribution is 2.47. The molecular weight excluding hydrogens is 518 g/mol. The summed E-state index contributed by atoms with van der Waals surface area (Å²) in [5.41, 5.74) is 3.65. The molecule has 0 fully saturated rings. The Kier molecular flexibility index (Phi) is 13.3. The minimum absolute atomic E-state index is 0.117. The van der Waals surface area contributed by atoms with Crippen molar-refractivity contribution >= 4 is 34.4 Å². The normalized spacial score (nSPS) is 17.3. The number of nitrogens with one attached hydrogen (secondary N) is 1. The highest BCUT2D eigenvalue weighted by Gasteiger charge is 2.39. The Morgan fingerprint density at radius 3 is 2.40 bits per heavy atom. The van der Waals surface area contributed by atoms with Crippen LogP contribution in [-0.2, 0) is 15.0 Å². The Labute approximate surface area is 246 Å². The fourth-order valence-corrected chi connectivity index (χ4v) is 6.80. The number of carbonyl (C=O) groups is 2. The largest absolute Gasteiger partial charge is 0.481 e. The topological polar surface area (TPSA) is 72.7 Å². The minimum Gasteiger partial charge on any atom is -0.481 e. The van der Waals surface area contributed by atoms with E-state index in [1.807, 2.05) is 11.8 Å². The van der Waals surface area contributed by atoms with E-state index in [0.29, 0.717) is 19.4 Å². The van der Waals surface area contributed by atoms with Crippen molar-refractivity contribution in [2.45, 2.75) is 96.8 Å². The molecule has 0 atom stereocenters. The van der Waals surface area contributed by atoms with Gasteiger partial charge in [-0.05, 0) is 37.5 Å². The smallest absolute Gasteiger partial charge is 0.303 e. The Morgan fingerprint density at radius 2 is 1.70 bits per heavy atom. The zero-order chi connectivity index (χ0) is 28.8. The molecule has 0 saturated heterocycles. The van der Waals surface area contributed by atoms with Crippen molar-refractivity contribution in [2.75, 3.05) is 36.8 Å². The lowest BCUT2D eigenvalue weighted by molar-refractivity contribution is -0.513. The van der Waals surface area contributed by atoms with Gasteiger partial charge in [-0.15, -0.1) is 0 Å². The number of hydrogen-bond acceptors (Lipinski definition) is 4. The Hall–Kier alpha value is -2.54. The second-order valence-electron chi connectivity index (χ2n) is 11.4. The van der Waals surface area contributed by atoms with Crippen molar-refractivity contribution < 1.29 is 19.3 Å². The molecule has 1 aromatic rings. The molecule has 2 N–H and O–H groups in total. The van der Waals surface area contributed by atoms with Crippen LogP contribution in [0.25, 0.3) is 0 Å². The van der Waals surface area contributed by atoms with Crippen molar-refractivity contribution in [1.82, 2.24) is 5.32 Å². The predicted molar refractivity (Wildman–Crippen MR) is 169 cm³/mol. The molecule has 2 heterocycles. The van der Waals surface area contributed by atoms with Crippen molar-refractivity contribution in [1.29, 1.82) is 0 Å². The zero-order valence-corrected chi connectivity index (χ0v) is 25.7. The molecular formula is C33H50N3O3S+. The zero-order valence-electron chi connectivity index (χ0n) is 24.9. The van der Waals surface area contributed by atoms with Gasteiger partial charge in [0.05, 0.1) is 5.75 Å². The van der Waals surface area contributed by atoms with E-state index in [0.717, 1.165) is 57.5 Å². The molecule has 2 aliphatic rings. The number of fused-ring (bicyclic) bond motifs is 1. The number of allylic oxidation sites excluding steroid dienone is 3. The number of anilines is 1. The number of carboxylic acids is 1. The van der Waals surface area contributed by atoms with E-state index in [-0.39, 0.29) is 11.3 Å². The number of rotatable bonds is 18. The molecule has 0 aliphatic carbocycles. The third-order valence-electron chi connectivity index (χ3n) is 8.05. The Bertz CT molecular complexity index is 1080. The highest BCUT2D eigenvalue weighted by molar-refractivity contribution is 8.14.